The van der Waals surface area contributed by atoms with Gasteiger partial charge in [0.25, 0.3) is 0 Å². The van der Waals surface area contributed by atoms with E-state index in [4.69, 9.17) is 4.74 Å². The third kappa shape index (κ3) is 4.84. The van der Waals surface area contributed by atoms with Crippen LogP contribution in [0, 0.1) is 6.92 Å². The highest BCUT2D eigenvalue weighted by molar-refractivity contribution is 5.76. The molecule has 0 aliphatic carbocycles. The first kappa shape index (κ1) is 19.3. The number of hydrogen-bond donors (Lipinski definition) is 1. The number of aromatic nitrogens is 1. The molecule has 27 heavy (non-hydrogen) atoms. The number of carboxylic acids is 1. The Morgan fingerprint density at radius 1 is 1.22 bits per heavy atom. The summed E-state index contributed by atoms with van der Waals surface area (Å²) in [5.74, 6) is -0.0563. The van der Waals surface area contributed by atoms with E-state index in [1.807, 2.05) is 49.5 Å². The summed E-state index contributed by atoms with van der Waals surface area (Å²) in [6.45, 7) is 6.00. The number of hydrogen-bond acceptors (Lipinski definition) is 5. The average Bonchev–Trinajstić information content (AvgIpc) is 2.89. The van der Waals surface area contributed by atoms with Gasteiger partial charge in [0.1, 0.15) is 11.8 Å². The maximum atomic E-state index is 12.1. The summed E-state index contributed by atoms with van der Waals surface area (Å²) < 4.78 is 5.25. The second kappa shape index (κ2) is 8.97. The fourth-order valence-corrected chi connectivity index (χ4v) is 3.70. The fourth-order valence-electron chi connectivity index (χ4n) is 3.70. The number of methoxy groups -OCH3 is 1. The van der Waals surface area contributed by atoms with Gasteiger partial charge in [0, 0.05) is 32.4 Å². The lowest BCUT2D eigenvalue weighted by Gasteiger charge is -2.29. The highest BCUT2D eigenvalue weighted by Crippen LogP contribution is 2.28. The molecule has 1 N–H and O–H groups in total. The molecule has 1 atom stereocenters. The molecule has 0 unspecified atom stereocenters. The van der Waals surface area contributed by atoms with E-state index in [0.29, 0.717) is 0 Å². The molecule has 6 heteroatoms. The minimum atomic E-state index is -0.804. The predicted octanol–water partition coefficient (Wildman–Crippen LogP) is 2.73. The lowest BCUT2D eigenvalue weighted by molar-refractivity contribution is -0.143. The van der Waals surface area contributed by atoms with E-state index in [0.717, 1.165) is 61.7 Å². The Hall–Kier alpha value is -2.44. The molecule has 0 saturated carbocycles. The van der Waals surface area contributed by atoms with Crippen molar-refractivity contribution in [2.24, 2.45) is 0 Å². The van der Waals surface area contributed by atoms with Crippen molar-refractivity contribution in [3.63, 3.8) is 0 Å². The van der Waals surface area contributed by atoms with Gasteiger partial charge in [-0.1, -0.05) is 12.1 Å². The zero-order valence-electron chi connectivity index (χ0n) is 16.0. The van der Waals surface area contributed by atoms with Crippen molar-refractivity contribution in [1.29, 1.82) is 0 Å². The number of benzene rings is 1. The monoisotopic (exact) mass is 369 g/mol. The van der Waals surface area contributed by atoms with E-state index in [9.17, 15) is 9.90 Å². The molecular formula is C21H27N3O3. The van der Waals surface area contributed by atoms with E-state index in [1.54, 1.807) is 7.11 Å². The number of pyridine rings is 1. The number of aliphatic carboxylic acids is 1. The molecule has 1 aliphatic rings. The molecular weight excluding hydrogens is 342 g/mol. The van der Waals surface area contributed by atoms with Crippen molar-refractivity contribution in [1.82, 2.24) is 14.8 Å². The topological polar surface area (TPSA) is 65.9 Å². The largest absolute Gasteiger partial charge is 0.497 e. The van der Waals surface area contributed by atoms with Crippen LogP contribution in [-0.2, 0) is 11.3 Å². The van der Waals surface area contributed by atoms with Crippen LogP contribution in [0.2, 0.25) is 0 Å². The minimum absolute atomic E-state index is 0.634. The van der Waals surface area contributed by atoms with Crippen LogP contribution < -0.4 is 4.74 Å². The van der Waals surface area contributed by atoms with Crippen LogP contribution in [-0.4, -0.2) is 59.1 Å². The first-order valence-corrected chi connectivity index (χ1v) is 9.32. The van der Waals surface area contributed by atoms with Gasteiger partial charge >= 0.3 is 5.97 Å². The summed E-state index contributed by atoms with van der Waals surface area (Å²) in [4.78, 5) is 20.9. The maximum Gasteiger partial charge on any atom is 0.325 e. The van der Waals surface area contributed by atoms with Crippen LogP contribution in [0.5, 0.6) is 5.75 Å². The summed E-state index contributed by atoms with van der Waals surface area (Å²) in [5.41, 5.74) is 2.82. The van der Waals surface area contributed by atoms with Crippen LogP contribution >= 0.6 is 0 Å². The highest BCUT2D eigenvalue weighted by atomic mass is 16.5. The Bertz CT molecular complexity index is 767. The molecule has 144 valence electrons. The zero-order valence-corrected chi connectivity index (χ0v) is 16.0. The van der Waals surface area contributed by atoms with Gasteiger partial charge in [0.15, 0.2) is 0 Å². The molecule has 0 amide bonds. The van der Waals surface area contributed by atoms with Crippen LogP contribution in [0.4, 0.5) is 0 Å². The van der Waals surface area contributed by atoms with Gasteiger partial charge in [0.05, 0.1) is 12.8 Å². The third-order valence-corrected chi connectivity index (χ3v) is 5.11. The summed E-state index contributed by atoms with van der Waals surface area (Å²) in [6.07, 6.45) is 2.75. The van der Waals surface area contributed by atoms with E-state index in [1.165, 1.54) is 0 Å². The molecule has 0 spiro atoms. The molecule has 2 aromatic rings. The van der Waals surface area contributed by atoms with Gasteiger partial charge in [0.2, 0.25) is 0 Å². The quantitative estimate of drug-likeness (QED) is 0.845. The number of ether oxygens (including phenoxy) is 1. The van der Waals surface area contributed by atoms with Crippen molar-refractivity contribution in [3.8, 4) is 5.75 Å². The molecule has 1 fully saturated rings. The summed E-state index contributed by atoms with van der Waals surface area (Å²) >= 11 is 0. The number of aryl methyl sites for hydroxylation is 1. The average molecular weight is 369 g/mol. The van der Waals surface area contributed by atoms with E-state index >= 15 is 0 Å². The molecule has 1 aromatic heterocycles. The first-order chi connectivity index (χ1) is 13.1. The summed E-state index contributed by atoms with van der Waals surface area (Å²) in [5, 5.41) is 9.93. The Morgan fingerprint density at radius 3 is 2.74 bits per heavy atom. The maximum absolute atomic E-state index is 12.1. The van der Waals surface area contributed by atoms with Gasteiger partial charge in [-0.25, -0.2) is 0 Å². The van der Waals surface area contributed by atoms with Crippen LogP contribution in [0.1, 0.15) is 29.3 Å². The van der Waals surface area contributed by atoms with Crippen molar-refractivity contribution in [2.75, 3.05) is 33.3 Å². The van der Waals surface area contributed by atoms with Gasteiger partial charge in [-0.2, -0.15) is 0 Å². The normalized spacial score (nSPS) is 17.3. The lowest BCUT2D eigenvalue weighted by atomic mass is 9.99. The smallest absolute Gasteiger partial charge is 0.325 e. The molecule has 0 radical (unpaired) electrons. The Kier molecular flexibility index (Phi) is 6.42. The van der Waals surface area contributed by atoms with Gasteiger partial charge in [-0.05, 0) is 55.3 Å². The van der Waals surface area contributed by atoms with Gasteiger partial charge in [-0.3, -0.25) is 19.6 Å². The molecule has 0 bridgehead atoms. The van der Waals surface area contributed by atoms with Crippen molar-refractivity contribution >= 4 is 5.97 Å². The van der Waals surface area contributed by atoms with E-state index < -0.39 is 12.0 Å². The number of carboxylic acid groups (broad SMARTS) is 1. The standard InChI is InChI=1S/C21H27N3O3/c1-16-14-18(27-2)7-8-19(16)20(21(25)26)24-11-5-10-23(12-13-24)15-17-6-3-4-9-22-17/h3-4,6-9,14,20H,5,10-13,15H2,1-2H3,(H,25,26)/t20-/m1/s1. The minimum Gasteiger partial charge on any atom is -0.497 e. The van der Waals surface area contributed by atoms with Crippen molar-refractivity contribution in [3.05, 3.63) is 59.4 Å². The fraction of sp³-hybridized carbons (Fsp3) is 0.429. The van der Waals surface area contributed by atoms with Crippen LogP contribution in [0.3, 0.4) is 0 Å². The second-order valence-electron chi connectivity index (χ2n) is 6.95. The number of carbonyl (C=O) groups is 1. The Morgan fingerprint density at radius 2 is 2.07 bits per heavy atom. The third-order valence-electron chi connectivity index (χ3n) is 5.11. The van der Waals surface area contributed by atoms with Crippen LogP contribution in [0.25, 0.3) is 0 Å². The lowest BCUT2D eigenvalue weighted by Crippen LogP contribution is -2.37. The van der Waals surface area contributed by atoms with E-state index in [-0.39, 0.29) is 0 Å². The molecule has 2 heterocycles. The number of nitrogens with zero attached hydrogens (tertiary/aromatic N) is 3. The predicted molar refractivity (Wildman–Crippen MR) is 104 cm³/mol. The van der Waals surface area contributed by atoms with Crippen molar-refractivity contribution < 1.29 is 14.6 Å². The Balaban J connectivity index is 1.72. The van der Waals surface area contributed by atoms with Gasteiger partial charge in [-0.15, -0.1) is 0 Å². The Labute approximate surface area is 160 Å². The van der Waals surface area contributed by atoms with Gasteiger partial charge < -0.3 is 9.84 Å². The number of rotatable bonds is 6. The zero-order chi connectivity index (χ0) is 19.2. The molecule has 3 rings (SSSR count). The van der Waals surface area contributed by atoms with Crippen molar-refractivity contribution in [2.45, 2.75) is 25.9 Å². The molecule has 1 saturated heterocycles. The molecule has 1 aromatic carbocycles. The molecule has 1 aliphatic heterocycles. The van der Waals surface area contributed by atoms with E-state index in [2.05, 4.69) is 14.8 Å². The SMILES string of the molecule is COc1ccc([C@H](C(=O)O)N2CCCN(Cc3ccccn3)CC2)c(C)c1. The van der Waals surface area contributed by atoms with Crippen LogP contribution in [0.15, 0.2) is 42.6 Å². The highest BCUT2D eigenvalue weighted by Gasteiger charge is 2.30. The first-order valence-electron chi connectivity index (χ1n) is 9.32. The molecule has 6 nitrogen and oxygen atoms in total. The summed E-state index contributed by atoms with van der Waals surface area (Å²) in [7, 11) is 1.62. The second-order valence-corrected chi connectivity index (χ2v) is 6.95. The summed E-state index contributed by atoms with van der Waals surface area (Å²) in [6, 6.07) is 10.9.